The second kappa shape index (κ2) is 5.64. The van der Waals surface area contributed by atoms with Crippen LogP contribution in [0.2, 0.25) is 0 Å². The molecule has 15 heavy (non-hydrogen) atoms. The Morgan fingerprint density at radius 2 is 2.40 bits per heavy atom. The molecule has 2 rings (SSSR count). The summed E-state index contributed by atoms with van der Waals surface area (Å²) in [6.45, 7) is 2.58. The molecule has 1 aliphatic heterocycles. The molecule has 1 aromatic rings. The van der Waals surface area contributed by atoms with Crippen molar-refractivity contribution in [2.24, 2.45) is 0 Å². The van der Waals surface area contributed by atoms with E-state index < -0.39 is 0 Å². The van der Waals surface area contributed by atoms with Gasteiger partial charge < -0.3 is 5.11 Å². The lowest BCUT2D eigenvalue weighted by molar-refractivity contribution is 0.112. The van der Waals surface area contributed by atoms with Gasteiger partial charge in [0, 0.05) is 19.2 Å². The molecule has 1 aliphatic rings. The lowest BCUT2D eigenvalue weighted by atomic mass is 9.99. The number of nitrogens with zero attached hydrogens (tertiary/aromatic N) is 1. The molecule has 0 aliphatic carbocycles. The second-order valence-corrected chi connectivity index (χ2v) is 5.04. The Morgan fingerprint density at radius 3 is 3.13 bits per heavy atom. The molecule has 0 bridgehead atoms. The first-order chi connectivity index (χ1) is 7.40. The van der Waals surface area contributed by atoms with Gasteiger partial charge in [0.05, 0.1) is 0 Å². The third-order valence-corrected chi connectivity index (χ3v) is 3.91. The van der Waals surface area contributed by atoms with Gasteiger partial charge in [-0.1, -0.05) is 6.42 Å². The van der Waals surface area contributed by atoms with E-state index in [9.17, 15) is 0 Å². The molecule has 2 heterocycles. The van der Waals surface area contributed by atoms with Crippen LogP contribution in [-0.2, 0) is 6.54 Å². The van der Waals surface area contributed by atoms with E-state index >= 15 is 0 Å². The van der Waals surface area contributed by atoms with Gasteiger partial charge in [-0.2, -0.15) is 11.3 Å². The fourth-order valence-electron chi connectivity index (χ4n) is 2.36. The van der Waals surface area contributed by atoms with Crippen LogP contribution in [0.15, 0.2) is 16.8 Å². The van der Waals surface area contributed by atoms with Crippen molar-refractivity contribution in [2.45, 2.75) is 38.3 Å². The smallest absolute Gasteiger partial charge is 0.0445 e. The lowest BCUT2D eigenvalue weighted by Gasteiger charge is -2.35. The van der Waals surface area contributed by atoms with Crippen LogP contribution in [0.25, 0.3) is 0 Å². The van der Waals surface area contributed by atoms with Crippen molar-refractivity contribution in [3.05, 3.63) is 22.4 Å². The molecular weight excluding hydrogens is 206 g/mol. The van der Waals surface area contributed by atoms with E-state index in [1.54, 1.807) is 11.3 Å². The number of piperidine rings is 1. The zero-order valence-electron chi connectivity index (χ0n) is 9.06. The van der Waals surface area contributed by atoms with Crippen LogP contribution in [0.4, 0.5) is 0 Å². The summed E-state index contributed by atoms with van der Waals surface area (Å²) < 4.78 is 0. The first-order valence-corrected chi connectivity index (χ1v) is 6.70. The van der Waals surface area contributed by atoms with E-state index in [-0.39, 0.29) is 0 Å². The van der Waals surface area contributed by atoms with Gasteiger partial charge in [-0.05, 0) is 48.2 Å². The predicted molar refractivity (Wildman–Crippen MR) is 64.1 cm³/mol. The van der Waals surface area contributed by atoms with Crippen molar-refractivity contribution < 1.29 is 5.11 Å². The van der Waals surface area contributed by atoms with Crippen LogP contribution in [0, 0.1) is 0 Å². The zero-order valence-corrected chi connectivity index (χ0v) is 9.88. The molecule has 1 saturated heterocycles. The molecule has 1 N–H and O–H groups in total. The first kappa shape index (κ1) is 11.1. The molecular formula is C12H19NOS. The third kappa shape index (κ3) is 3.03. The zero-order chi connectivity index (χ0) is 10.5. The van der Waals surface area contributed by atoms with Crippen molar-refractivity contribution in [1.29, 1.82) is 0 Å². The van der Waals surface area contributed by atoms with E-state index in [0.29, 0.717) is 12.6 Å². The quantitative estimate of drug-likeness (QED) is 0.851. The summed E-state index contributed by atoms with van der Waals surface area (Å²) in [7, 11) is 0. The Balaban J connectivity index is 1.92. The van der Waals surface area contributed by atoms with Crippen molar-refractivity contribution >= 4 is 11.3 Å². The van der Waals surface area contributed by atoms with Crippen LogP contribution >= 0.6 is 11.3 Å². The Kier molecular flexibility index (Phi) is 4.18. The molecule has 0 spiro atoms. The highest BCUT2D eigenvalue weighted by molar-refractivity contribution is 7.07. The van der Waals surface area contributed by atoms with Gasteiger partial charge in [0.25, 0.3) is 0 Å². The van der Waals surface area contributed by atoms with E-state index in [1.807, 2.05) is 0 Å². The Bertz CT molecular complexity index is 271. The maximum atomic E-state index is 9.04. The second-order valence-electron chi connectivity index (χ2n) is 4.26. The summed E-state index contributed by atoms with van der Waals surface area (Å²) in [5.74, 6) is 0. The highest BCUT2D eigenvalue weighted by Crippen LogP contribution is 2.22. The summed E-state index contributed by atoms with van der Waals surface area (Å²) in [6, 6.07) is 2.80. The van der Waals surface area contributed by atoms with Gasteiger partial charge in [0.1, 0.15) is 0 Å². The molecule has 0 radical (unpaired) electrons. The van der Waals surface area contributed by atoms with E-state index in [4.69, 9.17) is 5.11 Å². The predicted octanol–water partition coefficient (Wildman–Crippen LogP) is 2.49. The molecule has 1 aromatic heterocycles. The summed E-state index contributed by atoms with van der Waals surface area (Å²) in [5, 5.41) is 13.4. The number of aliphatic hydroxyl groups is 1. The number of thiophene rings is 1. The average Bonchev–Trinajstić information content (AvgIpc) is 2.74. The SMILES string of the molecule is OCCC1CCCCN1Cc1ccsc1. The minimum atomic E-state index is 0.324. The molecule has 84 valence electrons. The summed E-state index contributed by atoms with van der Waals surface area (Å²) in [4.78, 5) is 2.53. The minimum Gasteiger partial charge on any atom is -0.396 e. The number of aliphatic hydroxyl groups excluding tert-OH is 1. The molecule has 0 amide bonds. The lowest BCUT2D eigenvalue weighted by Crippen LogP contribution is -2.39. The van der Waals surface area contributed by atoms with Crippen LogP contribution in [0.1, 0.15) is 31.2 Å². The topological polar surface area (TPSA) is 23.5 Å². The maximum absolute atomic E-state index is 9.04. The molecule has 3 heteroatoms. The molecule has 0 aromatic carbocycles. The third-order valence-electron chi connectivity index (χ3n) is 3.18. The van der Waals surface area contributed by atoms with Crippen molar-refractivity contribution in [1.82, 2.24) is 4.90 Å². The fourth-order valence-corrected chi connectivity index (χ4v) is 3.02. The average molecular weight is 225 g/mol. The van der Waals surface area contributed by atoms with Crippen molar-refractivity contribution in [2.75, 3.05) is 13.2 Å². The monoisotopic (exact) mass is 225 g/mol. The van der Waals surface area contributed by atoms with E-state index in [2.05, 4.69) is 21.7 Å². The van der Waals surface area contributed by atoms with Gasteiger partial charge >= 0.3 is 0 Å². The molecule has 0 saturated carbocycles. The van der Waals surface area contributed by atoms with Gasteiger partial charge in [0.2, 0.25) is 0 Å². The van der Waals surface area contributed by atoms with Crippen molar-refractivity contribution in [3.63, 3.8) is 0 Å². The Hall–Kier alpha value is -0.380. The summed E-state index contributed by atoms with van der Waals surface area (Å²) >= 11 is 1.77. The van der Waals surface area contributed by atoms with Gasteiger partial charge in [-0.3, -0.25) is 4.90 Å². The van der Waals surface area contributed by atoms with Crippen LogP contribution in [0.3, 0.4) is 0 Å². The van der Waals surface area contributed by atoms with E-state index in [0.717, 1.165) is 13.0 Å². The fraction of sp³-hybridized carbons (Fsp3) is 0.667. The number of likely N-dealkylation sites (tertiary alicyclic amines) is 1. The first-order valence-electron chi connectivity index (χ1n) is 5.76. The number of hydrogen-bond donors (Lipinski definition) is 1. The van der Waals surface area contributed by atoms with E-state index in [1.165, 1.54) is 31.4 Å². The normalized spacial score (nSPS) is 23.1. The molecule has 1 atom stereocenters. The Labute approximate surface area is 95.5 Å². The van der Waals surface area contributed by atoms with Gasteiger partial charge in [-0.25, -0.2) is 0 Å². The molecule has 1 fully saturated rings. The largest absolute Gasteiger partial charge is 0.396 e. The molecule has 2 nitrogen and oxygen atoms in total. The highest BCUT2D eigenvalue weighted by atomic mass is 32.1. The Morgan fingerprint density at radius 1 is 1.47 bits per heavy atom. The van der Waals surface area contributed by atoms with Crippen LogP contribution in [0.5, 0.6) is 0 Å². The standard InChI is InChI=1S/C12H19NOS/c14-7-4-12-3-1-2-6-13(12)9-11-5-8-15-10-11/h5,8,10,12,14H,1-4,6-7,9H2. The number of rotatable bonds is 4. The van der Waals surface area contributed by atoms with Gasteiger partial charge in [-0.15, -0.1) is 0 Å². The highest BCUT2D eigenvalue weighted by Gasteiger charge is 2.21. The van der Waals surface area contributed by atoms with Crippen LogP contribution in [-0.4, -0.2) is 29.2 Å². The summed E-state index contributed by atoms with van der Waals surface area (Å²) in [5.41, 5.74) is 1.42. The summed E-state index contributed by atoms with van der Waals surface area (Å²) in [6.07, 6.45) is 4.83. The maximum Gasteiger partial charge on any atom is 0.0445 e. The minimum absolute atomic E-state index is 0.324. The number of hydrogen-bond acceptors (Lipinski definition) is 3. The van der Waals surface area contributed by atoms with Gasteiger partial charge in [0.15, 0.2) is 0 Å². The van der Waals surface area contributed by atoms with Crippen LogP contribution < -0.4 is 0 Å². The van der Waals surface area contributed by atoms with Crippen molar-refractivity contribution in [3.8, 4) is 0 Å². The molecule has 1 unspecified atom stereocenters.